The monoisotopic (exact) mass is 375 g/mol. The number of amides is 1. The molecule has 0 aliphatic rings. The van der Waals surface area contributed by atoms with E-state index in [1.165, 1.54) is 18.2 Å². The molecule has 0 aliphatic carbocycles. The number of hydrogen-bond acceptors (Lipinski definition) is 8. The zero-order valence-corrected chi connectivity index (χ0v) is 14.5. The second kappa shape index (κ2) is 8.09. The first-order valence-electron chi connectivity index (χ1n) is 7.74. The number of carbonyl (C=O) groups excluding carboxylic acids is 3. The molecule has 0 saturated heterocycles. The van der Waals surface area contributed by atoms with Gasteiger partial charge in [-0.15, -0.1) is 0 Å². The number of carbonyl (C=O) groups is 3. The molecule has 1 amide bonds. The molecule has 4 N–H and O–H groups in total. The van der Waals surface area contributed by atoms with Gasteiger partial charge in [-0.1, -0.05) is 0 Å². The molecule has 0 heterocycles. The van der Waals surface area contributed by atoms with Crippen LogP contribution in [-0.2, 0) is 9.47 Å². The number of ether oxygens (including phenoxy) is 2. The third-order valence-electron chi connectivity index (χ3n) is 3.51. The minimum absolute atomic E-state index is 0.0741. The highest BCUT2D eigenvalue weighted by atomic mass is 16.5. The summed E-state index contributed by atoms with van der Waals surface area (Å²) < 4.78 is 9.26. The Balaban J connectivity index is 2.30. The zero-order valence-electron chi connectivity index (χ0n) is 14.5. The summed E-state index contributed by atoms with van der Waals surface area (Å²) in [6.07, 6.45) is 0. The van der Waals surface area contributed by atoms with Crippen molar-refractivity contribution >= 4 is 23.5 Å². The second-order valence-electron chi connectivity index (χ2n) is 5.28. The Kier molecular flexibility index (Phi) is 5.86. The van der Waals surface area contributed by atoms with E-state index in [9.17, 15) is 29.7 Å². The van der Waals surface area contributed by atoms with Gasteiger partial charge in [0.25, 0.3) is 5.91 Å². The highest BCUT2D eigenvalue weighted by Crippen LogP contribution is 2.29. The van der Waals surface area contributed by atoms with Gasteiger partial charge in [0.15, 0.2) is 0 Å². The number of nitrogens with one attached hydrogen (secondary N) is 1. The van der Waals surface area contributed by atoms with Gasteiger partial charge in [0.05, 0.1) is 19.3 Å². The maximum absolute atomic E-state index is 12.4. The van der Waals surface area contributed by atoms with E-state index in [1.807, 2.05) is 0 Å². The average Bonchev–Trinajstić information content (AvgIpc) is 2.64. The van der Waals surface area contributed by atoms with Crippen LogP contribution in [0.1, 0.15) is 38.0 Å². The lowest BCUT2D eigenvalue weighted by atomic mass is 10.1. The first-order chi connectivity index (χ1) is 12.8. The van der Waals surface area contributed by atoms with Crippen LogP contribution >= 0.6 is 0 Å². The normalized spacial score (nSPS) is 10.1. The molecule has 0 unspecified atom stereocenters. The minimum atomic E-state index is -0.849. The number of hydrogen-bond donors (Lipinski definition) is 4. The summed E-state index contributed by atoms with van der Waals surface area (Å²) in [5.41, 5.74) is -0.636. The molecule has 9 heteroatoms. The van der Waals surface area contributed by atoms with Gasteiger partial charge in [-0.25, -0.2) is 9.59 Å². The van der Waals surface area contributed by atoms with Gasteiger partial charge < -0.3 is 30.1 Å². The minimum Gasteiger partial charge on any atom is -0.507 e. The summed E-state index contributed by atoms with van der Waals surface area (Å²) in [6.45, 7) is 1.65. The van der Waals surface area contributed by atoms with Crippen LogP contribution in [0.15, 0.2) is 30.3 Å². The SMILES string of the molecule is CCOC(=O)c1cc(O)c(C(=O)Nc2ccc(O)c(C(=O)OC)c2)cc1O. The molecular formula is C18H17NO8. The van der Waals surface area contributed by atoms with Crippen molar-refractivity contribution in [1.29, 1.82) is 0 Å². The van der Waals surface area contributed by atoms with Crippen LogP contribution in [0.3, 0.4) is 0 Å². The summed E-state index contributed by atoms with van der Waals surface area (Å²) >= 11 is 0. The average molecular weight is 375 g/mol. The van der Waals surface area contributed by atoms with Crippen molar-refractivity contribution in [2.24, 2.45) is 0 Å². The molecule has 9 nitrogen and oxygen atoms in total. The van der Waals surface area contributed by atoms with E-state index in [4.69, 9.17) is 4.74 Å². The van der Waals surface area contributed by atoms with Crippen LogP contribution in [-0.4, -0.2) is 46.9 Å². The van der Waals surface area contributed by atoms with Crippen molar-refractivity contribution in [2.45, 2.75) is 6.92 Å². The van der Waals surface area contributed by atoms with Crippen LogP contribution in [0.25, 0.3) is 0 Å². The lowest BCUT2D eigenvalue weighted by Crippen LogP contribution is -2.14. The van der Waals surface area contributed by atoms with Crippen molar-refractivity contribution in [2.75, 3.05) is 19.0 Å². The van der Waals surface area contributed by atoms with Gasteiger partial charge >= 0.3 is 11.9 Å². The summed E-state index contributed by atoms with van der Waals surface area (Å²) in [6, 6.07) is 5.52. The number of aromatic hydroxyl groups is 3. The van der Waals surface area contributed by atoms with Crippen LogP contribution in [0, 0.1) is 0 Å². The van der Waals surface area contributed by atoms with Gasteiger partial charge in [-0.05, 0) is 37.3 Å². The molecule has 0 fully saturated rings. The van der Waals surface area contributed by atoms with Crippen molar-refractivity contribution in [3.63, 3.8) is 0 Å². The lowest BCUT2D eigenvalue weighted by Gasteiger charge is -2.11. The Morgan fingerprint density at radius 2 is 1.48 bits per heavy atom. The van der Waals surface area contributed by atoms with Crippen molar-refractivity contribution in [1.82, 2.24) is 0 Å². The van der Waals surface area contributed by atoms with Crippen LogP contribution in [0.4, 0.5) is 5.69 Å². The summed E-state index contributed by atoms with van der Waals surface area (Å²) in [4.78, 5) is 35.6. The number of benzene rings is 2. The summed E-state index contributed by atoms with van der Waals surface area (Å²) in [5, 5.41) is 32.0. The highest BCUT2D eigenvalue weighted by Gasteiger charge is 2.20. The molecule has 0 bridgehead atoms. The van der Waals surface area contributed by atoms with Crippen LogP contribution < -0.4 is 5.32 Å². The van der Waals surface area contributed by atoms with Gasteiger partial charge in [0.2, 0.25) is 0 Å². The Morgan fingerprint density at radius 1 is 0.889 bits per heavy atom. The zero-order chi connectivity index (χ0) is 20.1. The largest absolute Gasteiger partial charge is 0.507 e. The second-order valence-corrected chi connectivity index (χ2v) is 5.28. The quantitative estimate of drug-likeness (QED) is 0.459. The van der Waals surface area contributed by atoms with Gasteiger partial charge in [-0.3, -0.25) is 4.79 Å². The Hall–Kier alpha value is -3.75. The molecule has 2 aromatic rings. The van der Waals surface area contributed by atoms with Crippen LogP contribution in [0.2, 0.25) is 0 Å². The van der Waals surface area contributed by atoms with Crippen molar-refractivity contribution in [3.05, 3.63) is 47.0 Å². The smallest absolute Gasteiger partial charge is 0.342 e. The molecule has 142 valence electrons. The first kappa shape index (κ1) is 19.6. The molecule has 2 aromatic carbocycles. The molecule has 0 atom stereocenters. The molecule has 0 spiro atoms. The lowest BCUT2D eigenvalue weighted by molar-refractivity contribution is 0.0521. The predicted octanol–water partition coefficient (Wildman–Crippen LogP) is 2.02. The molecule has 0 saturated carbocycles. The van der Waals surface area contributed by atoms with E-state index in [0.717, 1.165) is 19.2 Å². The van der Waals surface area contributed by atoms with Gasteiger partial charge in [-0.2, -0.15) is 0 Å². The van der Waals surface area contributed by atoms with E-state index in [1.54, 1.807) is 6.92 Å². The molecule has 2 rings (SSSR count). The summed E-state index contributed by atoms with van der Waals surface area (Å²) in [7, 11) is 1.14. The molecule has 27 heavy (non-hydrogen) atoms. The fraction of sp³-hybridized carbons (Fsp3) is 0.167. The van der Waals surface area contributed by atoms with Gasteiger partial charge in [0, 0.05) is 5.69 Å². The van der Waals surface area contributed by atoms with E-state index in [2.05, 4.69) is 10.1 Å². The predicted molar refractivity (Wildman–Crippen MR) is 93.1 cm³/mol. The Bertz CT molecular complexity index is 906. The number of rotatable bonds is 5. The maximum atomic E-state index is 12.4. The molecule has 0 aromatic heterocycles. The third-order valence-corrected chi connectivity index (χ3v) is 3.51. The van der Waals surface area contributed by atoms with Crippen molar-refractivity contribution < 1.29 is 39.2 Å². The van der Waals surface area contributed by atoms with E-state index in [0.29, 0.717) is 0 Å². The number of esters is 2. The first-order valence-corrected chi connectivity index (χ1v) is 7.74. The topological polar surface area (TPSA) is 142 Å². The maximum Gasteiger partial charge on any atom is 0.342 e. The standard InChI is InChI=1S/C18H17NO8/c1-3-27-18(25)12-8-14(21)10(7-15(12)22)16(23)19-9-4-5-13(20)11(6-9)17(24)26-2/h4-8,20-22H,3H2,1-2H3,(H,19,23). The number of anilines is 1. The number of phenols is 3. The fourth-order valence-electron chi connectivity index (χ4n) is 2.22. The van der Waals surface area contributed by atoms with E-state index < -0.39 is 29.3 Å². The number of methoxy groups -OCH3 is 1. The Morgan fingerprint density at radius 3 is 2.11 bits per heavy atom. The van der Waals surface area contributed by atoms with Gasteiger partial charge in [0.1, 0.15) is 28.4 Å². The number of phenolic OH excluding ortho intramolecular Hbond substituents is 3. The van der Waals surface area contributed by atoms with E-state index in [-0.39, 0.29) is 34.7 Å². The van der Waals surface area contributed by atoms with Crippen LogP contribution in [0.5, 0.6) is 17.2 Å². The highest BCUT2D eigenvalue weighted by molar-refractivity contribution is 6.08. The molecule has 0 aliphatic heterocycles. The fourth-order valence-corrected chi connectivity index (χ4v) is 2.22. The molecular weight excluding hydrogens is 358 g/mol. The van der Waals surface area contributed by atoms with Crippen molar-refractivity contribution in [3.8, 4) is 17.2 Å². The van der Waals surface area contributed by atoms with E-state index >= 15 is 0 Å². The summed E-state index contributed by atoms with van der Waals surface area (Å²) in [5.74, 6) is -3.90. The third kappa shape index (κ3) is 4.27. The Labute approximate surface area is 153 Å². The molecule has 0 radical (unpaired) electrons.